The number of hydrogen-bond acceptors (Lipinski definition) is 4. The number of amides is 1. The zero-order valence-corrected chi connectivity index (χ0v) is 18.3. The molecule has 1 amide bonds. The highest BCUT2D eigenvalue weighted by Gasteiger charge is 2.44. The van der Waals surface area contributed by atoms with Crippen molar-refractivity contribution < 1.29 is 9.21 Å². The first kappa shape index (κ1) is 20.1. The highest BCUT2D eigenvalue weighted by Crippen LogP contribution is 2.42. The molecule has 0 saturated heterocycles. The van der Waals surface area contributed by atoms with Crippen molar-refractivity contribution in [2.24, 2.45) is 0 Å². The molecule has 1 aliphatic rings. The summed E-state index contributed by atoms with van der Waals surface area (Å²) in [5, 5.41) is 1.37. The fraction of sp³-hybridized carbons (Fsp3) is 0.0870. The third kappa shape index (κ3) is 3.21. The van der Waals surface area contributed by atoms with E-state index >= 15 is 0 Å². The maximum absolute atomic E-state index is 13.5. The van der Waals surface area contributed by atoms with Crippen molar-refractivity contribution in [3.8, 4) is 0 Å². The highest BCUT2D eigenvalue weighted by atomic mass is 35.5. The van der Waals surface area contributed by atoms with Gasteiger partial charge in [-0.3, -0.25) is 14.5 Å². The van der Waals surface area contributed by atoms with E-state index in [0.717, 1.165) is 5.56 Å². The van der Waals surface area contributed by atoms with Crippen molar-refractivity contribution in [2.75, 3.05) is 4.90 Å². The molecule has 1 atom stereocenters. The van der Waals surface area contributed by atoms with Crippen LogP contribution in [0.4, 0.5) is 5.82 Å². The van der Waals surface area contributed by atoms with E-state index < -0.39 is 11.9 Å². The molecule has 0 radical (unpaired) electrons. The van der Waals surface area contributed by atoms with Gasteiger partial charge in [-0.2, -0.15) is 0 Å². The first-order chi connectivity index (χ1) is 14.8. The van der Waals surface area contributed by atoms with Gasteiger partial charge < -0.3 is 4.42 Å². The van der Waals surface area contributed by atoms with E-state index in [2.05, 4.69) is 4.98 Å². The number of halogens is 3. The molecule has 1 unspecified atom stereocenters. The lowest BCUT2D eigenvalue weighted by atomic mass is 9.98. The van der Waals surface area contributed by atoms with Gasteiger partial charge in [-0.05, 0) is 60.5 Å². The lowest BCUT2D eigenvalue weighted by molar-refractivity contribution is 0.0970. The number of carbonyl (C=O) groups excluding carboxylic acids is 1. The topological polar surface area (TPSA) is 63.4 Å². The Balaban J connectivity index is 1.84. The van der Waals surface area contributed by atoms with Crippen LogP contribution < -0.4 is 10.3 Å². The van der Waals surface area contributed by atoms with Crippen LogP contribution in [0.5, 0.6) is 0 Å². The predicted molar refractivity (Wildman–Crippen MR) is 122 cm³/mol. The van der Waals surface area contributed by atoms with Crippen molar-refractivity contribution in [3.63, 3.8) is 0 Å². The van der Waals surface area contributed by atoms with Crippen LogP contribution in [0.3, 0.4) is 0 Å². The second-order valence-corrected chi connectivity index (χ2v) is 8.51. The minimum atomic E-state index is -0.786. The van der Waals surface area contributed by atoms with Crippen molar-refractivity contribution >= 4 is 57.5 Å². The van der Waals surface area contributed by atoms with Crippen LogP contribution in [0.25, 0.3) is 11.0 Å². The lowest BCUT2D eigenvalue weighted by Gasteiger charge is -2.24. The Labute approximate surface area is 191 Å². The van der Waals surface area contributed by atoms with E-state index in [9.17, 15) is 9.59 Å². The zero-order valence-electron chi connectivity index (χ0n) is 16.0. The maximum Gasteiger partial charge on any atom is 0.296 e. The summed E-state index contributed by atoms with van der Waals surface area (Å²) in [7, 11) is 0. The predicted octanol–water partition coefficient (Wildman–Crippen LogP) is 6.21. The second kappa shape index (κ2) is 7.38. The number of benzene rings is 2. The molecule has 2 aromatic carbocycles. The monoisotopic (exact) mass is 470 g/mol. The molecule has 0 aliphatic carbocycles. The van der Waals surface area contributed by atoms with Gasteiger partial charge >= 0.3 is 0 Å². The third-order valence-corrected chi connectivity index (χ3v) is 6.21. The molecule has 2 aromatic heterocycles. The molecule has 1 aliphatic heterocycles. The highest BCUT2D eigenvalue weighted by molar-refractivity contribution is 6.42. The van der Waals surface area contributed by atoms with Gasteiger partial charge in [0, 0.05) is 11.2 Å². The second-order valence-electron chi connectivity index (χ2n) is 7.26. The van der Waals surface area contributed by atoms with E-state index in [0.29, 0.717) is 31.8 Å². The number of aromatic nitrogens is 1. The van der Waals surface area contributed by atoms with Gasteiger partial charge in [0.05, 0.1) is 27.0 Å². The summed E-state index contributed by atoms with van der Waals surface area (Å²) in [4.78, 5) is 32.8. The summed E-state index contributed by atoms with van der Waals surface area (Å²) in [6, 6.07) is 12.5. The largest absolute Gasteiger partial charge is 0.450 e. The lowest BCUT2D eigenvalue weighted by Crippen LogP contribution is -2.30. The molecular formula is C23H13Cl3N2O3. The summed E-state index contributed by atoms with van der Waals surface area (Å²) < 4.78 is 5.90. The summed E-state index contributed by atoms with van der Waals surface area (Å²) in [6.45, 7) is 1.90. The Kier molecular flexibility index (Phi) is 4.77. The van der Waals surface area contributed by atoms with Crippen LogP contribution in [-0.4, -0.2) is 10.9 Å². The minimum Gasteiger partial charge on any atom is -0.450 e. The molecule has 3 heterocycles. The summed E-state index contributed by atoms with van der Waals surface area (Å²) in [6.07, 6.45) is 1.61. The Bertz CT molecular complexity index is 1450. The molecular weight excluding hydrogens is 459 g/mol. The number of anilines is 1. The number of hydrogen-bond donors (Lipinski definition) is 0. The summed E-state index contributed by atoms with van der Waals surface area (Å²) >= 11 is 18.5. The Morgan fingerprint density at radius 2 is 1.77 bits per heavy atom. The molecule has 0 fully saturated rings. The molecule has 8 heteroatoms. The molecule has 5 rings (SSSR count). The maximum atomic E-state index is 13.5. The normalized spacial score (nSPS) is 15.5. The zero-order chi connectivity index (χ0) is 21.9. The average Bonchev–Trinajstić information content (AvgIpc) is 3.03. The molecule has 4 aromatic rings. The minimum absolute atomic E-state index is 0.0285. The van der Waals surface area contributed by atoms with E-state index in [-0.39, 0.29) is 22.3 Å². The van der Waals surface area contributed by atoms with Gasteiger partial charge in [-0.25, -0.2) is 4.98 Å². The van der Waals surface area contributed by atoms with Gasteiger partial charge in [0.15, 0.2) is 5.43 Å². The van der Waals surface area contributed by atoms with Crippen molar-refractivity contribution in [2.45, 2.75) is 13.0 Å². The molecule has 154 valence electrons. The van der Waals surface area contributed by atoms with Gasteiger partial charge in [0.1, 0.15) is 11.4 Å². The first-order valence-electron chi connectivity index (χ1n) is 9.32. The van der Waals surface area contributed by atoms with Crippen LogP contribution in [0.2, 0.25) is 15.1 Å². The SMILES string of the molecule is Cc1ccnc(N2C(=O)c3oc4ccc(Cl)cc4c(=O)c3C2c2ccc(Cl)c(Cl)c2)c1. The molecule has 0 spiro atoms. The van der Waals surface area contributed by atoms with Crippen LogP contribution in [-0.2, 0) is 0 Å². The van der Waals surface area contributed by atoms with Gasteiger partial charge in [0.25, 0.3) is 5.91 Å². The number of carbonyl (C=O) groups is 1. The fourth-order valence-corrected chi connectivity index (χ4v) is 4.31. The Morgan fingerprint density at radius 1 is 0.968 bits per heavy atom. The molecule has 0 bridgehead atoms. The van der Waals surface area contributed by atoms with Gasteiger partial charge in [-0.1, -0.05) is 40.9 Å². The summed E-state index contributed by atoms with van der Waals surface area (Å²) in [5.74, 6) is -0.0914. The number of fused-ring (bicyclic) bond motifs is 2. The smallest absolute Gasteiger partial charge is 0.296 e. The van der Waals surface area contributed by atoms with Crippen molar-refractivity contribution in [1.29, 1.82) is 0 Å². The van der Waals surface area contributed by atoms with E-state index in [1.165, 1.54) is 11.0 Å². The van der Waals surface area contributed by atoms with Crippen LogP contribution in [0.1, 0.15) is 33.3 Å². The Hall–Kier alpha value is -2.86. The first-order valence-corrected chi connectivity index (χ1v) is 10.5. The van der Waals surface area contributed by atoms with E-state index in [1.54, 1.807) is 42.6 Å². The van der Waals surface area contributed by atoms with Crippen LogP contribution in [0.15, 0.2) is 63.9 Å². The fourth-order valence-electron chi connectivity index (χ4n) is 3.83. The molecule has 0 N–H and O–H groups in total. The third-order valence-electron chi connectivity index (χ3n) is 5.24. The summed E-state index contributed by atoms with van der Waals surface area (Å²) in [5.41, 5.74) is 1.68. The number of aryl methyl sites for hydroxylation is 1. The van der Waals surface area contributed by atoms with Crippen LogP contribution >= 0.6 is 34.8 Å². The van der Waals surface area contributed by atoms with Gasteiger partial charge in [-0.15, -0.1) is 0 Å². The van der Waals surface area contributed by atoms with Gasteiger partial charge in [0.2, 0.25) is 5.76 Å². The van der Waals surface area contributed by atoms with E-state index in [1.807, 2.05) is 13.0 Å². The quantitative estimate of drug-likeness (QED) is 0.349. The Morgan fingerprint density at radius 3 is 2.52 bits per heavy atom. The number of pyridine rings is 1. The van der Waals surface area contributed by atoms with Crippen LogP contribution in [0, 0.1) is 6.92 Å². The van der Waals surface area contributed by atoms with E-state index in [4.69, 9.17) is 39.2 Å². The molecule has 31 heavy (non-hydrogen) atoms. The molecule has 0 saturated carbocycles. The molecule has 5 nitrogen and oxygen atoms in total. The number of nitrogens with zero attached hydrogens (tertiary/aromatic N) is 2. The standard InChI is InChI=1S/C23H13Cl3N2O3/c1-11-6-7-27-18(8-11)28-20(12-2-4-15(25)16(26)9-12)19-21(29)14-10-13(24)3-5-17(14)31-22(19)23(28)30/h2-10,20H,1H3. The number of rotatable bonds is 2. The van der Waals surface area contributed by atoms with Crippen molar-refractivity contribution in [1.82, 2.24) is 4.98 Å². The average molecular weight is 472 g/mol. The van der Waals surface area contributed by atoms with Crippen molar-refractivity contribution in [3.05, 3.63) is 102 Å².